The van der Waals surface area contributed by atoms with Crippen molar-refractivity contribution in [2.24, 2.45) is 5.92 Å². The van der Waals surface area contributed by atoms with Crippen LogP contribution in [0.15, 0.2) is 0 Å². The molecule has 4 heteroatoms. The van der Waals surface area contributed by atoms with E-state index >= 15 is 0 Å². The summed E-state index contributed by atoms with van der Waals surface area (Å²) in [5, 5.41) is 3.14. The number of hydrogen-bond donors (Lipinski definition) is 2. The topological polar surface area (TPSA) is 41.1 Å². The molecule has 1 aliphatic rings. The van der Waals surface area contributed by atoms with Crippen LogP contribution in [0.4, 0.5) is 0 Å². The van der Waals surface area contributed by atoms with E-state index in [2.05, 4.69) is 10.0 Å². The standard InChI is InChI=1S/C6H12N2OS/c1-10-8-6(9)5-2-3-7-4-5/h5,7H,2-4H2,1H3,(H,8,9). The van der Waals surface area contributed by atoms with Gasteiger partial charge in [-0.05, 0) is 13.0 Å². The molecule has 1 aliphatic heterocycles. The first-order valence-electron chi connectivity index (χ1n) is 3.38. The van der Waals surface area contributed by atoms with Crippen molar-refractivity contribution in [3.05, 3.63) is 0 Å². The van der Waals surface area contributed by atoms with Gasteiger partial charge in [-0.3, -0.25) is 4.79 Å². The molecule has 1 heterocycles. The summed E-state index contributed by atoms with van der Waals surface area (Å²) in [4.78, 5) is 11.1. The fourth-order valence-electron chi connectivity index (χ4n) is 1.06. The summed E-state index contributed by atoms with van der Waals surface area (Å²) < 4.78 is 2.73. The lowest BCUT2D eigenvalue weighted by atomic mass is 10.1. The molecule has 1 atom stereocenters. The molecule has 1 rings (SSSR count). The number of rotatable bonds is 2. The van der Waals surface area contributed by atoms with Crippen LogP contribution in [0.1, 0.15) is 6.42 Å². The van der Waals surface area contributed by atoms with E-state index in [-0.39, 0.29) is 11.8 Å². The third-order valence-electron chi connectivity index (χ3n) is 1.63. The Kier molecular flexibility index (Phi) is 3.02. The minimum atomic E-state index is 0.164. The van der Waals surface area contributed by atoms with Crippen LogP contribution in [0.3, 0.4) is 0 Å². The predicted octanol–water partition coefficient (Wildman–Crippen LogP) is -0.00990. The molecule has 1 saturated heterocycles. The second kappa shape index (κ2) is 3.83. The molecule has 0 aromatic carbocycles. The number of amides is 1. The van der Waals surface area contributed by atoms with Gasteiger partial charge in [0.15, 0.2) is 0 Å². The molecule has 0 saturated carbocycles. The number of nitrogens with one attached hydrogen (secondary N) is 2. The minimum absolute atomic E-state index is 0.164. The molecule has 0 radical (unpaired) electrons. The Morgan fingerprint density at radius 3 is 3.10 bits per heavy atom. The van der Waals surface area contributed by atoms with Gasteiger partial charge >= 0.3 is 0 Å². The van der Waals surface area contributed by atoms with Crippen LogP contribution in [0, 0.1) is 5.92 Å². The van der Waals surface area contributed by atoms with Crippen LogP contribution in [0.25, 0.3) is 0 Å². The fourth-order valence-corrected chi connectivity index (χ4v) is 1.43. The molecular formula is C6H12N2OS. The summed E-state index contributed by atoms with van der Waals surface area (Å²) in [6.45, 7) is 1.82. The molecule has 1 fully saturated rings. The largest absolute Gasteiger partial charge is 0.316 e. The highest BCUT2D eigenvalue weighted by Crippen LogP contribution is 2.07. The van der Waals surface area contributed by atoms with E-state index in [4.69, 9.17) is 0 Å². The molecule has 0 spiro atoms. The average molecular weight is 160 g/mol. The van der Waals surface area contributed by atoms with E-state index in [1.54, 1.807) is 0 Å². The highest BCUT2D eigenvalue weighted by atomic mass is 32.2. The Bertz CT molecular complexity index is 123. The van der Waals surface area contributed by atoms with Crippen molar-refractivity contribution in [2.45, 2.75) is 6.42 Å². The molecular weight excluding hydrogens is 148 g/mol. The monoisotopic (exact) mass is 160 g/mol. The highest BCUT2D eigenvalue weighted by Gasteiger charge is 2.21. The Morgan fingerprint density at radius 1 is 1.80 bits per heavy atom. The van der Waals surface area contributed by atoms with Crippen LogP contribution in [-0.2, 0) is 4.79 Å². The van der Waals surface area contributed by atoms with Gasteiger partial charge in [-0.1, -0.05) is 11.9 Å². The van der Waals surface area contributed by atoms with Gasteiger partial charge in [0, 0.05) is 12.8 Å². The molecule has 0 aromatic heterocycles. The number of hydrogen-bond acceptors (Lipinski definition) is 3. The summed E-state index contributed by atoms with van der Waals surface area (Å²) in [5.74, 6) is 0.366. The van der Waals surface area contributed by atoms with Gasteiger partial charge < -0.3 is 10.0 Å². The zero-order valence-electron chi connectivity index (χ0n) is 6.02. The second-order valence-corrected chi connectivity index (χ2v) is 2.97. The first kappa shape index (κ1) is 7.88. The molecule has 1 unspecified atom stereocenters. The molecule has 3 nitrogen and oxygen atoms in total. The van der Waals surface area contributed by atoms with Crippen molar-refractivity contribution in [1.82, 2.24) is 10.0 Å². The molecule has 0 aromatic rings. The van der Waals surface area contributed by atoms with Crippen molar-refractivity contribution in [1.29, 1.82) is 0 Å². The SMILES string of the molecule is CSNC(=O)C1CCNC1. The van der Waals surface area contributed by atoms with Gasteiger partial charge in [0.25, 0.3) is 0 Å². The zero-order chi connectivity index (χ0) is 7.40. The van der Waals surface area contributed by atoms with Gasteiger partial charge in [0.1, 0.15) is 0 Å². The van der Waals surface area contributed by atoms with Crippen LogP contribution in [0.2, 0.25) is 0 Å². The molecule has 0 bridgehead atoms. The third-order valence-corrected chi connectivity index (χ3v) is 2.04. The van der Waals surface area contributed by atoms with Crippen molar-refractivity contribution in [3.8, 4) is 0 Å². The molecule has 1 amide bonds. The van der Waals surface area contributed by atoms with Crippen molar-refractivity contribution in [3.63, 3.8) is 0 Å². The second-order valence-electron chi connectivity index (χ2n) is 2.36. The van der Waals surface area contributed by atoms with Crippen molar-refractivity contribution < 1.29 is 4.79 Å². The number of carbonyl (C=O) groups is 1. The summed E-state index contributed by atoms with van der Waals surface area (Å²) >= 11 is 1.37. The van der Waals surface area contributed by atoms with Gasteiger partial charge in [0.05, 0.1) is 5.92 Å². The van der Waals surface area contributed by atoms with Gasteiger partial charge in [-0.2, -0.15) is 0 Å². The van der Waals surface area contributed by atoms with E-state index < -0.39 is 0 Å². The number of carbonyl (C=O) groups excluding carboxylic acids is 1. The lowest BCUT2D eigenvalue weighted by molar-refractivity contribution is -0.122. The molecule has 10 heavy (non-hydrogen) atoms. The fraction of sp³-hybridized carbons (Fsp3) is 0.833. The summed E-state index contributed by atoms with van der Waals surface area (Å²) in [5.41, 5.74) is 0. The predicted molar refractivity (Wildman–Crippen MR) is 42.6 cm³/mol. The van der Waals surface area contributed by atoms with E-state index in [9.17, 15) is 4.79 Å². The maximum absolute atomic E-state index is 11.1. The summed E-state index contributed by atoms with van der Waals surface area (Å²) in [6.07, 6.45) is 2.84. The Hall–Kier alpha value is -0.220. The minimum Gasteiger partial charge on any atom is -0.316 e. The van der Waals surface area contributed by atoms with Crippen LogP contribution in [0.5, 0.6) is 0 Å². The van der Waals surface area contributed by atoms with E-state index in [1.165, 1.54) is 11.9 Å². The smallest absolute Gasteiger partial charge is 0.234 e. The van der Waals surface area contributed by atoms with E-state index in [1.807, 2.05) is 6.26 Å². The van der Waals surface area contributed by atoms with Crippen LogP contribution < -0.4 is 10.0 Å². The Labute approximate surface area is 65.1 Å². The van der Waals surface area contributed by atoms with E-state index in [0.29, 0.717) is 0 Å². The van der Waals surface area contributed by atoms with Gasteiger partial charge in [-0.25, -0.2) is 0 Å². The lowest BCUT2D eigenvalue weighted by Gasteiger charge is -2.05. The maximum atomic E-state index is 11.1. The lowest BCUT2D eigenvalue weighted by Crippen LogP contribution is -2.26. The molecule has 2 N–H and O–H groups in total. The van der Waals surface area contributed by atoms with E-state index in [0.717, 1.165) is 19.5 Å². The highest BCUT2D eigenvalue weighted by molar-refractivity contribution is 7.97. The zero-order valence-corrected chi connectivity index (χ0v) is 6.83. The molecule has 0 aliphatic carbocycles. The third kappa shape index (κ3) is 1.88. The average Bonchev–Trinajstić information content (AvgIpc) is 2.38. The Morgan fingerprint density at radius 2 is 2.60 bits per heavy atom. The van der Waals surface area contributed by atoms with Crippen LogP contribution >= 0.6 is 11.9 Å². The van der Waals surface area contributed by atoms with Gasteiger partial charge in [-0.15, -0.1) is 0 Å². The van der Waals surface area contributed by atoms with Crippen molar-refractivity contribution in [2.75, 3.05) is 19.3 Å². The molecule has 58 valence electrons. The first-order chi connectivity index (χ1) is 4.84. The first-order valence-corrected chi connectivity index (χ1v) is 4.60. The van der Waals surface area contributed by atoms with Crippen LogP contribution in [-0.4, -0.2) is 25.3 Å². The summed E-state index contributed by atoms with van der Waals surface area (Å²) in [7, 11) is 0. The summed E-state index contributed by atoms with van der Waals surface area (Å²) in [6, 6.07) is 0. The Balaban J connectivity index is 2.25. The van der Waals surface area contributed by atoms with Gasteiger partial charge in [0.2, 0.25) is 5.91 Å². The van der Waals surface area contributed by atoms with Crippen molar-refractivity contribution >= 4 is 17.9 Å². The maximum Gasteiger partial charge on any atom is 0.234 e. The normalized spacial score (nSPS) is 24.7. The quantitative estimate of drug-likeness (QED) is 0.558.